The molecule has 0 saturated heterocycles. The van der Waals surface area contributed by atoms with Crippen LogP contribution in [-0.2, 0) is 0 Å². The van der Waals surface area contributed by atoms with Crippen molar-refractivity contribution < 1.29 is 9.13 Å². The van der Waals surface area contributed by atoms with Crippen LogP contribution in [0.5, 0.6) is 5.75 Å². The number of ether oxygens (including phenoxy) is 1. The van der Waals surface area contributed by atoms with Gasteiger partial charge in [0.1, 0.15) is 0 Å². The lowest BCUT2D eigenvalue weighted by Gasteiger charge is -2.27. The van der Waals surface area contributed by atoms with Crippen LogP contribution in [0.4, 0.5) is 4.39 Å². The van der Waals surface area contributed by atoms with Gasteiger partial charge in [-0.05, 0) is 43.1 Å². The molecule has 0 amide bonds. The molecule has 0 spiro atoms. The Morgan fingerprint density at radius 1 is 1.39 bits per heavy atom. The molecule has 0 aliphatic carbocycles. The van der Waals surface area contributed by atoms with Gasteiger partial charge in [-0.25, -0.2) is 4.39 Å². The average Bonchev–Trinajstić information content (AvgIpc) is 2.34. The Bertz CT molecular complexity index is 382. The monoisotopic (exact) mass is 254 g/mol. The van der Waals surface area contributed by atoms with E-state index < -0.39 is 0 Å². The van der Waals surface area contributed by atoms with Crippen molar-refractivity contribution in [1.82, 2.24) is 5.32 Å². The molecule has 0 aromatic heterocycles. The largest absolute Gasteiger partial charge is 0.494 e. The fourth-order valence-corrected chi connectivity index (χ4v) is 2.15. The van der Waals surface area contributed by atoms with Crippen molar-refractivity contribution in [2.75, 3.05) is 20.7 Å². The van der Waals surface area contributed by atoms with Gasteiger partial charge in [-0.2, -0.15) is 0 Å². The minimum Gasteiger partial charge on any atom is -0.494 e. The number of hydrogen-bond acceptors (Lipinski definition) is 3. The van der Waals surface area contributed by atoms with Gasteiger partial charge in [-0.15, -0.1) is 0 Å². The van der Waals surface area contributed by atoms with Crippen molar-refractivity contribution in [2.45, 2.75) is 19.9 Å². The first-order chi connectivity index (χ1) is 8.51. The van der Waals surface area contributed by atoms with Crippen LogP contribution in [0.3, 0.4) is 0 Å². The predicted molar refractivity (Wildman–Crippen MR) is 72.1 cm³/mol. The standard InChI is InChI=1S/C14H23FN2O/c1-9(2)11(8-17-3)14(16)10-5-6-13(18-4)12(15)7-10/h5-7,9,11,14,17H,8,16H2,1-4H3. The van der Waals surface area contributed by atoms with E-state index in [0.717, 1.165) is 12.1 Å². The Morgan fingerprint density at radius 2 is 2.06 bits per heavy atom. The highest BCUT2D eigenvalue weighted by Crippen LogP contribution is 2.28. The predicted octanol–water partition coefficient (Wildman–Crippen LogP) is 2.33. The van der Waals surface area contributed by atoms with E-state index in [9.17, 15) is 4.39 Å². The maximum absolute atomic E-state index is 13.7. The van der Waals surface area contributed by atoms with E-state index in [0.29, 0.717) is 5.92 Å². The normalized spacial score (nSPS) is 14.6. The molecule has 4 heteroatoms. The molecular weight excluding hydrogens is 231 g/mol. The lowest BCUT2D eigenvalue weighted by Crippen LogP contribution is -2.33. The third kappa shape index (κ3) is 3.43. The third-order valence-corrected chi connectivity index (χ3v) is 3.32. The van der Waals surface area contributed by atoms with Crippen LogP contribution in [0.1, 0.15) is 25.5 Å². The lowest BCUT2D eigenvalue weighted by atomic mass is 9.85. The molecule has 2 atom stereocenters. The highest BCUT2D eigenvalue weighted by Gasteiger charge is 2.22. The van der Waals surface area contributed by atoms with Crippen LogP contribution in [0.2, 0.25) is 0 Å². The van der Waals surface area contributed by atoms with Crippen molar-refractivity contribution in [2.24, 2.45) is 17.6 Å². The van der Waals surface area contributed by atoms with Crippen LogP contribution in [0.25, 0.3) is 0 Å². The minimum absolute atomic E-state index is 0.183. The second-order valence-electron chi connectivity index (χ2n) is 4.89. The van der Waals surface area contributed by atoms with Crippen LogP contribution < -0.4 is 15.8 Å². The van der Waals surface area contributed by atoms with E-state index in [4.69, 9.17) is 10.5 Å². The Morgan fingerprint density at radius 3 is 2.50 bits per heavy atom. The first-order valence-electron chi connectivity index (χ1n) is 6.24. The zero-order valence-corrected chi connectivity index (χ0v) is 11.5. The Labute approximate surface area is 109 Å². The molecule has 1 aromatic carbocycles. The van der Waals surface area contributed by atoms with Gasteiger partial charge in [-0.3, -0.25) is 0 Å². The summed E-state index contributed by atoms with van der Waals surface area (Å²) in [5, 5.41) is 3.14. The van der Waals surface area contributed by atoms with Gasteiger partial charge in [0, 0.05) is 6.04 Å². The van der Waals surface area contributed by atoms with Gasteiger partial charge >= 0.3 is 0 Å². The molecule has 3 N–H and O–H groups in total. The lowest BCUT2D eigenvalue weighted by molar-refractivity contribution is 0.313. The summed E-state index contributed by atoms with van der Waals surface area (Å²) in [5.74, 6) is 0.582. The fraction of sp³-hybridized carbons (Fsp3) is 0.571. The molecule has 0 heterocycles. The van der Waals surface area contributed by atoms with Crippen molar-refractivity contribution in [3.63, 3.8) is 0 Å². The quantitative estimate of drug-likeness (QED) is 0.819. The van der Waals surface area contributed by atoms with E-state index in [-0.39, 0.29) is 23.5 Å². The molecule has 1 aromatic rings. The number of rotatable bonds is 6. The minimum atomic E-state index is -0.364. The van der Waals surface area contributed by atoms with Gasteiger partial charge in [0.2, 0.25) is 0 Å². The highest BCUT2D eigenvalue weighted by atomic mass is 19.1. The Kier molecular flexibility index (Phi) is 5.56. The average molecular weight is 254 g/mol. The van der Waals surface area contributed by atoms with Gasteiger partial charge in [-0.1, -0.05) is 19.9 Å². The van der Waals surface area contributed by atoms with E-state index in [1.165, 1.54) is 13.2 Å². The van der Waals surface area contributed by atoms with E-state index in [1.807, 2.05) is 13.1 Å². The van der Waals surface area contributed by atoms with Gasteiger partial charge in [0.05, 0.1) is 7.11 Å². The second-order valence-corrected chi connectivity index (χ2v) is 4.89. The molecule has 0 radical (unpaired) electrons. The van der Waals surface area contributed by atoms with Crippen LogP contribution >= 0.6 is 0 Å². The second kappa shape index (κ2) is 6.71. The van der Waals surface area contributed by atoms with Crippen molar-refractivity contribution in [1.29, 1.82) is 0 Å². The number of nitrogens with one attached hydrogen (secondary N) is 1. The summed E-state index contributed by atoms with van der Waals surface area (Å²) in [6, 6.07) is 4.74. The first kappa shape index (κ1) is 14.9. The summed E-state index contributed by atoms with van der Waals surface area (Å²) in [6.07, 6.45) is 0. The van der Waals surface area contributed by atoms with Gasteiger partial charge in [0.15, 0.2) is 11.6 Å². The fourth-order valence-electron chi connectivity index (χ4n) is 2.15. The number of benzene rings is 1. The zero-order valence-electron chi connectivity index (χ0n) is 11.5. The number of hydrogen-bond donors (Lipinski definition) is 2. The smallest absolute Gasteiger partial charge is 0.165 e. The topological polar surface area (TPSA) is 47.3 Å². The van der Waals surface area contributed by atoms with Crippen LogP contribution in [0, 0.1) is 17.7 Å². The first-order valence-corrected chi connectivity index (χ1v) is 6.24. The third-order valence-electron chi connectivity index (χ3n) is 3.32. The van der Waals surface area contributed by atoms with E-state index in [1.54, 1.807) is 6.07 Å². The molecule has 102 valence electrons. The molecule has 0 saturated carbocycles. The molecule has 0 bridgehead atoms. The molecular formula is C14H23FN2O. The number of halogens is 1. The summed E-state index contributed by atoms with van der Waals surface area (Å²) in [7, 11) is 3.35. The molecule has 1 rings (SSSR count). The Hall–Kier alpha value is -1.13. The summed E-state index contributed by atoms with van der Waals surface area (Å²) in [6.45, 7) is 5.07. The zero-order chi connectivity index (χ0) is 13.7. The van der Waals surface area contributed by atoms with Gasteiger partial charge in [0.25, 0.3) is 0 Å². The molecule has 0 aliphatic heterocycles. The van der Waals surface area contributed by atoms with E-state index >= 15 is 0 Å². The van der Waals surface area contributed by atoms with E-state index in [2.05, 4.69) is 19.2 Å². The molecule has 0 aliphatic rings. The maximum Gasteiger partial charge on any atom is 0.165 e. The molecule has 3 nitrogen and oxygen atoms in total. The summed E-state index contributed by atoms with van der Waals surface area (Å²) in [4.78, 5) is 0. The van der Waals surface area contributed by atoms with Crippen molar-refractivity contribution in [3.8, 4) is 5.75 Å². The summed E-state index contributed by atoms with van der Waals surface area (Å²) < 4.78 is 18.6. The summed E-state index contributed by atoms with van der Waals surface area (Å²) in [5.41, 5.74) is 7.05. The number of nitrogens with two attached hydrogens (primary N) is 1. The Balaban J connectivity index is 2.94. The molecule has 0 fully saturated rings. The SMILES string of the molecule is CNCC(C(C)C)C(N)c1ccc(OC)c(F)c1. The van der Waals surface area contributed by atoms with Crippen molar-refractivity contribution >= 4 is 0 Å². The van der Waals surface area contributed by atoms with Crippen LogP contribution in [0.15, 0.2) is 18.2 Å². The summed E-state index contributed by atoms with van der Waals surface area (Å²) >= 11 is 0. The van der Waals surface area contributed by atoms with Gasteiger partial charge < -0.3 is 15.8 Å². The van der Waals surface area contributed by atoms with Crippen molar-refractivity contribution in [3.05, 3.63) is 29.6 Å². The maximum atomic E-state index is 13.7. The number of methoxy groups -OCH3 is 1. The highest BCUT2D eigenvalue weighted by molar-refractivity contribution is 5.31. The van der Waals surface area contributed by atoms with Crippen LogP contribution in [-0.4, -0.2) is 20.7 Å². The molecule has 2 unspecified atom stereocenters. The molecule has 18 heavy (non-hydrogen) atoms.